The van der Waals surface area contributed by atoms with E-state index in [1.165, 1.54) is 0 Å². The van der Waals surface area contributed by atoms with Crippen molar-refractivity contribution in [1.29, 1.82) is 0 Å². The van der Waals surface area contributed by atoms with E-state index in [2.05, 4.69) is 5.32 Å². The van der Waals surface area contributed by atoms with Gasteiger partial charge in [0.15, 0.2) is 0 Å². The molecule has 7 heteroatoms. The topological polar surface area (TPSA) is 107 Å². The fourth-order valence-electron chi connectivity index (χ4n) is 1.07. The van der Waals surface area contributed by atoms with Crippen LogP contribution in [-0.2, 0) is 9.59 Å². The molecule has 0 saturated carbocycles. The summed E-state index contributed by atoms with van der Waals surface area (Å²) in [5, 5.41) is 19.5. The van der Waals surface area contributed by atoms with Crippen LogP contribution in [0.3, 0.4) is 0 Å². The number of carbonyl (C=O) groups excluding carboxylic acids is 1. The first-order chi connectivity index (χ1) is 7.97. The first-order valence-electron chi connectivity index (χ1n) is 5.05. The van der Waals surface area contributed by atoms with Crippen molar-refractivity contribution in [2.45, 2.75) is 13.3 Å². The Labute approximate surface area is 98.7 Å². The SMILES string of the molecule is C/C=C/CCNC(=O)N(CC(=O)O)CC(=O)O. The largest absolute Gasteiger partial charge is 0.480 e. The van der Waals surface area contributed by atoms with Crippen LogP contribution in [0.15, 0.2) is 12.2 Å². The van der Waals surface area contributed by atoms with Crippen LogP contribution >= 0.6 is 0 Å². The summed E-state index contributed by atoms with van der Waals surface area (Å²) in [7, 11) is 0. The van der Waals surface area contributed by atoms with Crippen LogP contribution in [0.5, 0.6) is 0 Å². The highest BCUT2D eigenvalue weighted by Gasteiger charge is 2.18. The molecule has 0 aliphatic carbocycles. The zero-order valence-corrected chi connectivity index (χ0v) is 9.55. The highest BCUT2D eigenvalue weighted by Crippen LogP contribution is 1.91. The second kappa shape index (κ2) is 8.14. The van der Waals surface area contributed by atoms with Crippen molar-refractivity contribution in [1.82, 2.24) is 10.2 Å². The summed E-state index contributed by atoms with van der Waals surface area (Å²) in [6.45, 7) is 0.894. The van der Waals surface area contributed by atoms with Gasteiger partial charge in [-0.25, -0.2) is 4.79 Å². The van der Waals surface area contributed by atoms with Gasteiger partial charge in [0, 0.05) is 6.54 Å². The summed E-state index contributed by atoms with van der Waals surface area (Å²) in [5.74, 6) is -2.51. The van der Waals surface area contributed by atoms with Crippen LogP contribution in [0.2, 0.25) is 0 Å². The van der Waals surface area contributed by atoms with Gasteiger partial charge in [0.2, 0.25) is 0 Å². The van der Waals surface area contributed by atoms with Crippen molar-refractivity contribution in [3.05, 3.63) is 12.2 Å². The lowest BCUT2D eigenvalue weighted by Crippen LogP contribution is -2.45. The molecule has 0 aliphatic heterocycles. The molecular formula is C10H16N2O5. The summed E-state index contributed by atoms with van der Waals surface area (Å²) < 4.78 is 0. The molecule has 0 aliphatic rings. The lowest BCUT2D eigenvalue weighted by atomic mass is 10.4. The molecule has 0 aromatic carbocycles. The number of hydrogen-bond acceptors (Lipinski definition) is 3. The molecule has 17 heavy (non-hydrogen) atoms. The Morgan fingerprint density at radius 3 is 2.12 bits per heavy atom. The molecule has 0 fully saturated rings. The highest BCUT2D eigenvalue weighted by atomic mass is 16.4. The van der Waals surface area contributed by atoms with Gasteiger partial charge in [-0.3, -0.25) is 9.59 Å². The highest BCUT2D eigenvalue weighted by molar-refractivity contribution is 5.84. The molecule has 0 spiro atoms. The van der Waals surface area contributed by atoms with Crippen molar-refractivity contribution in [2.24, 2.45) is 0 Å². The molecule has 2 amide bonds. The van der Waals surface area contributed by atoms with Crippen molar-refractivity contribution in [2.75, 3.05) is 19.6 Å². The molecule has 0 aromatic heterocycles. The maximum absolute atomic E-state index is 11.4. The monoisotopic (exact) mass is 244 g/mol. The third-order valence-corrected chi connectivity index (χ3v) is 1.76. The minimum atomic E-state index is -1.25. The first-order valence-corrected chi connectivity index (χ1v) is 5.05. The van der Waals surface area contributed by atoms with Crippen LogP contribution in [0.1, 0.15) is 13.3 Å². The second-order valence-electron chi connectivity index (χ2n) is 3.23. The number of amides is 2. The maximum atomic E-state index is 11.4. The number of allylic oxidation sites excluding steroid dienone is 1. The molecule has 0 atom stereocenters. The van der Waals surface area contributed by atoms with E-state index >= 15 is 0 Å². The summed E-state index contributed by atoms with van der Waals surface area (Å²) >= 11 is 0. The number of aliphatic carboxylic acids is 2. The van der Waals surface area contributed by atoms with Gasteiger partial charge in [-0.15, -0.1) is 0 Å². The van der Waals surface area contributed by atoms with E-state index in [0.717, 1.165) is 4.90 Å². The number of nitrogens with one attached hydrogen (secondary N) is 1. The summed E-state index contributed by atoms with van der Waals surface area (Å²) in [6.07, 6.45) is 4.26. The summed E-state index contributed by atoms with van der Waals surface area (Å²) in [6, 6.07) is -0.695. The molecule has 0 heterocycles. The van der Waals surface area contributed by atoms with Crippen LogP contribution < -0.4 is 5.32 Å². The van der Waals surface area contributed by atoms with Crippen molar-refractivity contribution in [3.8, 4) is 0 Å². The van der Waals surface area contributed by atoms with Gasteiger partial charge < -0.3 is 20.4 Å². The van der Waals surface area contributed by atoms with Crippen molar-refractivity contribution < 1.29 is 24.6 Å². The van der Waals surface area contributed by atoms with E-state index in [1.54, 1.807) is 0 Å². The number of urea groups is 1. The van der Waals surface area contributed by atoms with Crippen LogP contribution in [0.4, 0.5) is 4.79 Å². The normalized spacial score (nSPS) is 10.2. The predicted octanol–water partition coefficient (Wildman–Crippen LogP) is 0.133. The molecule has 0 bridgehead atoms. The Morgan fingerprint density at radius 1 is 1.18 bits per heavy atom. The Morgan fingerprint density at radius 2 is 1.71 bits per heavy atom. The number of carboxylic acids is 2. The molecule has 0 saturated heterocycles. The van der Waals surface area contributed by atoms with E-state index in [1.807, 2.05) is 19.1 Å². The predicted molar refractivity (Wildman–Crippen MR) is 59.7 cm³/mol. The molecule has 96 valence electrons. The average molecular weight is 244 g/mol. The number of carboxylic acid groups (broad SMARTS) is 2. The van der Waals surface area contributed by atoms with E-state index in [9.17, 15) is 14.4 Å². The zero-order valence-electron chi connectivity index (χ0n) is 9.55. The second-order valence-corrected chi connectivity index (χ2v) is 3.23. The van der Waals surface area contributed by atoms with Gasteiger partial charge in [0.05, 0.1) is 0 Å². The summed E-state index contributed by atoms with van der Waals surface area (Å²) in [5.41, 5.74) is 0. The molecular weight excluding hydrogens is 228 g/mol. The van der Waals surface area contributed by atoms with Crippen LogP contribution in [-0.4, -0.2) is 52.7 Å². The smallest absolute Gasteiger partial charge is 0.323 e. The number of rotatable bonds is 7. The lowest BCUT2D eigenvalue weighted by Gasteiger charge is -2.18. The minimum absolute atomic E-state index is 0.332. The van der Waals surface area contributed by atoms with Gasteiger partial charge in [-0.1, -0.05) is 12.2 Å². The Kier molecular flexibility index (Phi) is 7.16. The van der Waals surface area contributed by atoms with Crippen LogP contribution in [0.25, 0.3) is 0 Å². The van der Waals surface area contributed by atoms with Gasteiger partial charge in [0.1, 0.15) is 13.1 Å². The molecule has 7 nitrogen and oxygen atoms in total. The van der Waals surface area contributed by atoms with Crippen molar-refractivity contribution in [3.63, 3.8) is 0 Å². The van der Waals surface area contributed by atoms with E-state index in [4.69, 9.17) is 10.2 Å². The van der Waals surface area contributed by atoms with Crippen LogP contribution in [0, 0.1) is 0 Å². The quantitative estimate of drug-likeness (QED) is 0.436. The van der Waals surface area contributed by atoms with Gasteiger partial charge in [-0.05, 0) is 13.3 Å². The zero-order chi connectivity index (χ0) is 13.3. The Balaban J connectivity index is 4.21. The molecule has 0 radical (unpaired) electrons. The van der Waals surface area contributed by atoms with E-state index in [0.29, 0.717) is 13.0 Å². The van der Waals surface area contributed by atoms with Crippen molar-refractivity contribution >= 4 is 18.0 Å². The standard InChI is InChI=1S/C10H16N2O5/c1-2-3-4-5-11-10(17)12(6-8(13)14)7-9(15)16/h2-3H,4-7H2,1H3,(H,11,17)(H,13,14)(H,15,16)/b3-2+. The van der Waals surface area contributed by atoms with Gasteiger partial charge in [0.25, 0.3) is 0 Å². The summed E-state index contributed by atoms with van der Waals surface area (Å²) in [4.78, 5) is 33.1. The Hall–Kier alpha value is -2.05. The lowest BCUT2D eigenvalue weighted by molar-refractivity contribution is -0.140. The fraction of sp³-hybridized carbons (Fsp3) is 0.500. The fourth-order valence-corrected chi connectivity index (χ4v) is 1.07. The van der Waals surface area contributed by atoms with Gasteiger partial charge >= 0.3 is 18.0 Å². The Bertz CT molecular complexity index is 298. The van der Waals surface area contributed by atoms with E-state index < -0.39 is 31.1 Å². The molecule has 0 rings (SSSR count). The third-order valence-electron chi connectivity index (χ3n) is 1.76. The van der Waals surface area contributed by atoms with E-state index in [-0.39, 0.29) is 0 Å². The van der Waals surface area contributed by atoms with Gasteiger partial charge in [-0.2, -0.15) is 0 Å². The molecule has 0 aromatic rings. The maximum Gasteiger partial charge on any atom is 0.323 e. The first kappa shape index (κ1) is 14.9. The molecule has 3 N–H and O–H groups in total. The number of nitrogens with zero attached hydrogens (tertiary/aromatic N) is 1. The number of carbonyl (C=O) groups is 3. The minimum Gasteiger partial charge on any atom is -0.480 e. The molecule has 0 unspecified atom stereocenters. The number of hydrogen-bond donors (Lipinski definition) is 3. The average Bonchev–Trinajstić information content (AvgIpc) is 2.22. The third kappa shape index (κ3) is 7.83.